The Morgan fingerprint density at radius 1 is 0.339 bits per heavy atom. The molecule has 2 heteroatoms. The molecule has 0 amide bonds. The molecule has 59 heavy (non-hydrogen) atoms. The first-order valence-electron chi connectivity index (χ1n) is 20.5. The zero-order valence-electron chi connectivity index (χ0n) is 32.6. The van der Waals surface area contributed by atoms with Gasteiger partial charge >= 0.3 is 0 Å². The van der Waals surface area contributed by atoms with Gasteiger partial charge in [0.1, 0.15) is 22.3 Å². The Morgan fingerprint density at radius 2 is 0.814 bits per heavy atom. The third-order valence-electron chi connectivity index (χ3n) is 13.3. The topological polar surface area (TPSA) is 26.3 Å². The first kappa shape index (κ1) is 32.6. The van der Waals surface area contributed by atoms with Crippen molar-refractivity contribution in [2.45, 2.75) is 19.3 Å². The number of hydrogen-bond donors (Lipinski definition) is 0. The number of furan rings is 2. The molecule has 2 aromatic heterocycles. The summed E-state index contributed by atoms with van der Waals surface area (Å²) in [4.78, 5) is 0. The zero-order valence-corrected chi connectivity index (χ0v) is 32.6. The quantitative estimate of drug-likeness (QED) is 0.168. The van der Waals surface area contributed by atoms with E-state index < -0.39 is 0 Å². The van der Waals surface area contributed by atoms with Gasteiger partial charge in [0, 0.05) is 27.0 Å². The van der Waals surface area contributed by atoms with Gasteiger partial charge in [-0.1, -0.05) is 153 Å². The second-order valence-electron chi connectivity index (χ2n) is 16.7. The van der Waals surface area contributed by atoms with Crippen LogP contribution in [0.15, 0.2) is 191 Å². The molecule has 2 nitrogen and oxygen atoms in total. The third-order valence-corrected chi connectivity index (χ3v) is 13.3. The Morgan fingerprint density at radius 3 is 1.46 bits per heavy atom. The normalized spacial score (nSPS) is 13.4. The van der Waals surface area contributed by atoms with Crippen LogP contribution in [-0.2, 0) is 5.41 Å². The van der Waals surface area contributed by atoms with Gasteiger partial charge < -0.3 is 8.83 Å². The minimum atomic E-state index is -0.199. The molecule has 10 aromatic carbocycles. The molecule has 0 bridgehead atoms. The molecule has 0 fully saturated rings. The summed E-state index contributed by atoms with van der Waals surface area (Å²) in [5.41, 5.74) is 16.1. The van der Waals surface area contributed by atoms with Crippen LogP contribution in [0.4, 0.5) is 0 Å². The first-order chi connectivity index (χ1) is 29.0. The van der Waals surface area contributed by atoms with E-state index in [1.54, 1.807) is 0 Å². The molecule has 2 heterocycles. The standard InChI is InChI=1S/C57H36O2/c1-57(2)48-31-36(35-24-29-51-47(30-35)46-28-21-34-20-27-45-40-14-10-11-19-50(40)58-55(45)54(34)56(46)59-51)22-25-38(48)39-26-23-37(32-49(39)57)53-43-17-8-6-15-41(43)52(33-12-4-3-5-13-33)42-16-7-9-18-44(42)53/h3-32H,1-2H3. The highest BCUT2D eigenvalue weighted by Crippen LogP contribution is 2.52. The van der Waals surface area contributed by atoms with Crippen LogP contribution in [0, 0.1) is 0 Å². The van der Waals surface area contributed by atoms with Gasteiger partial charge in [-0.15, -0.1) is 0 Å². The largest absolute Gasteiger partial charge is 0.455 e. The lowest BCUT2D eigenvalue weighted by molar-refractivity contribution is 0.660. The second kappa shape index (κ2) is 11.8. The van der Waals surface area contributed by atoms with E-state index in [0.717, 1.165) is 54.6 Å². The summed E-state index contributed by atoms with van der Waals surface area (Å²) in [5.74, 6) is 0. The van der Waals surface area contributed by atoms with Crippen LogP contribution in [0.25, 0.3) is 121 Å². The minimum absolute atomic E-state index is 0.199. The lowest BCUT2D eigenvalue weighted by atomic mass is 9.80. The molecule has 0 unspecified atom stereocenters. The van der Waals surface area contributed by atoms with Crippen molar-refractivity contribution in [2.24, 2.45) is 0 Å². The SMILES string of the molecule is CC1(C)c2cc(-c3ccc4oc5c(ccc6ccc7c8ccccc8oc7c65)c4c3)ccc2-c2ccc(-c3c4ccccc4c(-c4ccccc4)c4ccccc34)cc21. The van der Waals surface area contributed by atoms with Gasteiger partial charge in [0.2, 0.25) is 0 Å². The van der Waals surface area contributed by atoms with E-state index in [0.29, 0.717) is 0 Å². The van der Waals surface area contributed by atoms with Crippen molar-refractivity contribution < 1.29 is 8.83 Å². The predicted octanol–water partition coefficient (Wildman–Crippen LogP) is 16.3. The van der Waals surface area contributed by atoms with Crippen molar-refractivity contribution in [1.29, 1.82) is 0 Å². The maximum absolute atomic E-state index is 6.68. The van der Waals surface area contributed by atoms with E-state index in [-0.39, 0.29) is 5.41 Å². The van der Waals surface area contributed by atoms with Crippen molar-refractivity contribution in [2.75, 3.05) is 0 Å². The second-order valence-corrected chi connectivity index (χ2v) is 16.7. The first-order valence-corrected chi connectivity index (χ1v) is 20.5. The zero-order chi connectivity index (χ0) is 39.0. The summed E-state index contributed by atoms with van der Waals surface area (Å²) < 4.78 is 13.2. The Hall–Kier alpha value is -7.42. The van der Waals surface area contributed by atoms with Gasteiger partial charge in [-0.3, -0.25) is 0 Å². The van der Waals surface area contributed by atoms with Crippen molar-refractivity contribution in [1.82, 2.24) is 0 Å². The average Bonchev–Trinajstić information content (AvgIpc) is 3.92. The molecule has 276 valence electrons. The average molecular weight is 753 g/mol. The predicted molar refractivity (Wildman–Crippen MR) is 247 cm³/mol. The molecule has 0 atom stereocenters. The van der Waals surface area contributed by atoms with Crippen molar-refractivity contribution in [3.63, 3.8) is 0 Å². The maximum atomic E-state index is 6.68. The van der Waals surface area contributed by atoms with Gasteiger partial charge in [-0.05, 0) is 125 Å². The van der Waals surface area contributed by atoms with E-state index in [2.05, 4.69) is 184 Å². The number of hydrogen-bond acceptors (Lipinski definition) is 2. The minimum Gasteiger partial charge on any atom is -0.455 e. The molecule has 0 radical (unpaired) electrons. The molecule has 1 aliphatic rings. The highest BCUT2D eigenvalue weighted by atomic mass is 16.3. The van der Waals surface area contributed by atoms with E-state index in [9.17, 15) is 0 Å². The fourth-order valence-electron chi connectivity index (χ4n) is 10.4. The third kappa shape index (κ3) is 4.52. The fourth-order valence-corrected chi connectivity index (χ4v) is 10.4. The molecule has 0 spiro atoms. The molecule has 0 saturated carbocycles. The van der Waals surface area contributed by atoms with E-state index in [1.165, 1.54) is 77.2 Å². The smallest absolute Gasteiger partial charge is 0.147 e. The lowest BCUT2D eigenvalue weighted by Gasteiger charge is -2.23. The van der Waals surface area contributed by atoms with Crippen molar-refractivity contribution >= 4 is 76.2 Å². The van der Waals surface area contributed by atoms with Gasteiger partial charge in [0.25, 0.3) is 0 Å². The molecular formula is C57H36O2. The molecule has 1 aliphatic carbocycles. The summed E-state index contributed by atoms with van der Waals surface area (Å²) in [6.07, 6.45) is 0. The van der Waals surface area contributed by atoms with E-state index >= 15 is 0 Å². The molecule has 0 N–H and O–H groups in total. The number of fused-ring (bicyclic) bond motifs is 14. The van der Waals surface area contributed by atoms with Gasteiger partial charge in [0.15, 0.2) is 0 Å². The van der Waals surface area contributed by atoms with Crippen LogP contribution in [0.2, 0.25) is 0 Å². The Balaban J connectivity index is 0.937. The molecule has 12 aromatic rings. The van der Waals surface area contributed by atoms with Crippen LogP contribution in [-0.4, -0.2) is 0 Å². The van der Waals surface area contributed by atoms with E-state index in [1.807, 2.05) is 12.1 Å². The van der Waals surface area contributed by atoms with Crippen molar-refractivity contribution in [3.8, 4) is 44.5 Å². The van der Waals surface area contributed by atoms with Crippen LogP contribution >= 0.6 is 0 Å². The van der Waals surface area contributed by atoms with Gasteiger partial charge in [-0.25, -0.2) is 0 Å². The summed E-state index contributed by atoms with van der Waals surface area (Å²) in [6.45, 7) is 4.77. The summed E-state index contributed by atoms with van der Waals surface area (Å²) >= 11 is 0. The summed E-state index contributed by atoms with van der Waals surface area (Å²) in [7, 11) is 0. The Labute approximate surface area is 340 Å². The monoisotopic (exact) mass is 752 g/mol. The van der Waals surface area contributed by atoms with Crippen LogP contribution in [0.1, 0.15) is 25.0 Å². The van der Waals surface area contributed by atoms with Crippen LogP contribution in [0.3, 0.4) is 0 Å². The summed E-state index contributed by atoms with van der Waals surface area (Å²) in [5, 5.41) is 11.7. The fraction of sp³-hybridized carbons (Fsp3) is 0.0526. The molecule has 0 aliphatic heterocycles. The number of benzene rings is 10. The number of para-hydroxylation sites is 1. The Kier molecular flexibility index (Phi) is 6.54. The highest BCUT2D eigenvalue weighted by molar-refractivity contribution is 6.25. The maximum Gasteiger partial charge on any atom is 0.147 e. The lowest BCUT2D eigenvalue weighted by Crippen LogP contribution is -2.15. The number of rotatable bonds is 3. The van der Waals surface area contributed by atoms with Crippen LogP contribution < -0.4 is 0 Å². The molecule has 0 saturated heterocycles. The van der Waals surface area contributed by atoms with Gasteiger partial charge in [-0.2, -0.15) is 0 Å². The highest BCUT2D eigenvalue weighted by Gasteiger charge is 2.36. The Bertz CT molecular complexity index is 3690. The molecule has 13 rings (SSSR count). The van der Waals surface area contributed by atoms with Crippen molar-refractivity contribution in [3.05, 3.63) is 193 Å². The summed E-state index contributed by atoms with van der Waals surface area (Å²) in [6, 6.07) is 66.5. The molecular weight excluding hydrogens is 717 g/mol. The van der Waals surface area contributed by atoms with Gasteiger partial charge in [0.05, 0.1) is 5.39 Å². The van der Waals surface area contributed by atoms with Crippen LogP contribution in [0.5, 0.6) is 0 Å². The van der Waals surface area contributed by atoms with E-state index in [4.69, 9.17) is 8.83 Å².